The third-order valence-electron chi connectivity index (χ3n) is 3.30. The number of amides is 1. The van der Waals surface area contributed by atoms with Crippen LogP contribution in [0.2, 0.25) is 0 Å². The number of carbonyl (C=O) groups excluding carboxylic acids is 1. The Labute approximate surface area is 144 Å². The van der Waals surface area contributed by atoms with Crippen LogP contribution < -0.4 is 10.0 Å². The average molecular weight is 366 g/mol. The van der Waals surface area contributed by atoms with Gasteiger partial charge in [-0.1, -0.05) is 24.3 Å². The fourth-order valence-electron chi connectivity index (χ4n) is 2.02. The lowest BCUT2D eigenvalue weighted by molar-refractivity contribution is 0.0950. The van der Waals surface area contributed by atoms with E-state index in [0.717, 1.165) is 18.2 Å². The molecular formula is C17H16F2N2O3S. The van der Waals surface area contributed by atoms with Crippen LogP contribution in [0.15, 0.2) is 60.0 Å². The molecule has 132 valence electrons. The van der Waals surface area contributed by atoms with Crippen LogP contribution in [0.5, 0.6) is 0 Å². The van der Waals surface area contributed by atoms with E-state index in [1.54, 1.807) is 6.07 Å². The number of halogens is 2. The number of hydrogen-bond donors (Lipinski definition) is 2. The molecule has 2 rings (SSSR count). The first-order chi connectivity index (χ1) is 11.8. The number of benzene rings is 2. The normalized spacial score (nSPS) is 11.1. The van der Waals surface area contributed by atoms with E-state index in [0.29, 0.717) is 0 Å². The Hall–Kier alpha value is -2.58. The molecule has 8 heteroatoms. The van der Waals surface area contributed by atoms with Crippen LogP contribution >= 0.6 is 0 Å². The molecule has 2 N–H and O–H groups in total. The van der Waals surface area contributed by atoms with Gasteiger partial charge in [-0.05, 0) is 24.3 Å². The van der Waals surface area contributed by atoms with E-state index in [1.165, 1.54) is 24.3 Å². The van der Waals surface area contributed by atoms with Gasteiger partial charge in [-0.15, -0.1) is 6.58 Å². The summed E-state index contributed by atoms with van der Waals surface area (Å²) in [5.74, 6) is -2.11. The minimum atomic E-state index is -4.12. The van der Waals surface area contributed by atoms with Crippen molar-refractivity contribution in [3.8, 4) is 0 Å². The van der Waals surface area contributed by atoms with E-state index in [4.69, 9.17) is 0 Å². The topological polar surface area (TPSA) is 75.3 Å². The van der Waals surface area contributed by atoms with Crippen LogP contribution in [0.3, 0.4) is 0 Å². The molecule has 1 amide bonds. The van der Waals surface area contributed by atoms with Crippen molar-refractivity contribution >= 4 is 15.9 Å². The van der Waals surface area contributed by atoms with Crippen molar-refractivity contribution in [2.24, 2.45) is 0 Å². The van der Waals surface area contributed by atoms with E-state index in [9.17, 15) is 22.0 Å². The molecule has 5 nitrogen and oxygen atoms in total. The van der Waals surface area contributed by atoms with Crippen LogP contribution in [0.4, 0.5) is 8.78 Å². The molecule has 25 heavy (non-hydrogen) atoms. The van der Waals surface area contributed by atoms with Crippen molar-refractivity contribution in [1.82, 2.24) is 10.0 Å². The van der Waals surface area contributed by atoms with E-state index < -0.39 is 32.5 Å². The zero-order valence-electron chi connectivity index (χ0n) is 13.1. The van der Waals surface area contributed by atoms with Gasteiger partial charge in [0.05, 0.1) is 0 Å². The predicted molar refractivity (Wildman–Crippen MR) is 89.4 cm³/mol. The minimum Gasteiger partial charge on any atom is -0.348 e. The number of carbonyl (C=O) groups is 1. The SMILES string of the molecule is C=CCNS(=O)(=O)c1cc(C(=O)NCc2ccccc2F)ccc1F. The fraction of sp³-hybridized carbons (Fsp3) is 0.118. The molecule has 2 aromatic rings. The number of sulfonamides is 1. The summed E-state index contributed by atoms with van der Waals surface area (Å²) < 4.78 is 53.6. The maximum atomic E-state index is 13.8. The second-order valence-electron chi connectivity index (χ2n) is 5.06. The van der Waals surface area contributed by atoms with Crippen molar-refractivity contribution in [2.45, 2.75) is 11.4 Å². The number of rotatable bonds is 7. The molecule has 0 saturated carbocycles. The zero-order valence-corrected chi connectivity index (χ0v) is 13.9. The second kappa shape index (κ2) is 8.00. The van der Waals surface area contributed by atoms with Crippen molar-refractivity contribution < 1.29 is 22.0 Å². The Morgan fingerprint density at radius 1 is 1.12 bits per heavy atom. The van der Waals surface area contributed by atoms with Gasteiger partial charge in [0.2, 0.25) is 10.0 Å². The van der Waals surface area contributed by atoms with E-state index >= 15 is 0 Å². The van der Waals surface area contributed by atoms with Crippen molar-refractivity contribution in [2.75, 3.05) is 6.54 Å². The van der Waals surface area contributed by atoms with Gasteiger partial charge in [0.25, 0.3) is 5.91 Å². The highest BCUT2D eigenvalue weighted by molar-refractivity contribution is 7.89. The predicted octanol–water partition coefficient (Wildman–Crippen LogP) is 2.36. The molecular weight excluding hydrogens is 350 g/mol. The standard InChI is InChI=1S/C17H16F2N2O3S/c1-2-9-21-25(23,24)16-10-12(7-8-15(16)19)17(22)20-11-13-5-3-4-6-14(13)18/h2-8,10,21H,1,9,11H2,(H,20,22). The Bertz CT molecular complexity index is 899. The van der Waals surface area contributed by atoms with Gasteiger partial charge < -0.3 is 5.32 Å². The summed E-state index contributed by atoms with van der Waals surface area (Å²) in [7, 11) is -4.12. The first kappa shape index (κ1) is 18.8. The summed E-state index contributed by atoms with van der Waals surface area (Å²) in [6.45, 7) is 3.21. The first-order valence-corrected chi connectivity index (χ1v) is 8.75. The van der Waals surface area contributed by atoms with Gasteiger partial charge in [0, 0.05) is 24.2 Å². The molecule has 0 aromatic heterocycles. The summed E-state index contributed by atoms with van der Waals surface area (Å²) in [6, 6.07) is 8.88. The van der Waals surface area contributed by atoms with Gasteiger partial charge in [0.15, 0.2) is 0 Å². The maximum Gasteiger partial charge on any atom is 0.251 e. The molecule has 0 spiro atoms. The highest BCUT2D eigenvalue weighted by atomic mass is 32.2. The Kier molecular flexibility index (Phi) is 6.00. The van der Waals surface area contributed by atoms with Gasteiger partial charge in [-0.2, -0.15) is 0 Å². The molecule has 0 aliphatic heterocycles. The van der Waals surface area contributed by atoms with Crippen molar-refractivity contribution in [3.05, 3.63) is 77.9 Å². The fourth-order valence-corrected chi connectivity index (χ4v) is 3.12. The molecule has 0 unspecified atom stereocenters. The average Bonchev–Trinajstić information content (AvgIpc) is 2.59. The Balaban J connectivity index is 2.19. The molecule has 0 radical (unpaired) electrons. The molecule has 0 heterocycles. The zero-order chi connectivity index (χ0) is 18.4. The monoisotopic (exact) mass is 366 g/mol. The third kappa shape index (κ3) is 4.71. The largest absolute Gasteiger partial charge is 0.348 e. The first-order valence-electron chi connectivity index (χ1n) is 7.27. The second-order valence-corrected chi connectivity index (χ2v) is 6.80. The van der Waals surface area contributed by atoms with Crippen LogP contribution in [0, 0.1) is 11.6 Å². The lowest BCUT2D eigenvalue weighted by Crippen LogP contribution is -2.26. The Morgan fingerprint density at radius 3 is 2.52 bits per heavy atom. The molecule has 2 aromatic carbocycles. The molecule has 0 fully saturated rings. The lowest BCUT2D eigenvalue weighted by Gasteiger charge is -2.09. The number of nitrogens with one attached hydrogen (secondary N) is 2. The van der Waals surface area contributed by atoms with Crippen LogP contribution in [0.25, 0.3) is 0 Å². The molecule has 0 aliphatic rings. The molecule has 0 atom stereocenters. The summed E-state index contributed by atoms with van der Waals surface area (Å²) in [4.78, 5) is 11.5. The highest BCUT2D eigenvalue weighted by Gasteiger charge is 2.20. The molecule has 0 aliphatic carbocycles. The molecule has 0 saturated heterocycles. The quantitative estimate of drug-likeness (QED) is 0.739. The van der Waals surface area contributed by atoms with Crippen LogP contribution in [-0.2, 0) is 16.6 Å². The van der Waals surface area contributed by atoms with Crippen LogP contribution in [0.1, 0.15) is 15.9 Å². The number of hydrogen-bond acceptors (Lipinski definition) is 3. The summed E-state index contributed by atoms with van der Waals surface area (Å²) in [6.07, 6.45) is 1.31. The van der Waals surface area contributed by atoms with Gasteiger partial charge in [0.1, 0.15) is 16.5 Å². The Morgan fingerprint density at radius 2 is 1.84 bits per heavy atom. The van der Waals surface area contributed by atoms with Crippen molar-refractivity contribution in [1.29, 1.82) is 0 Å². The van der Waals surface area contributed by atoms with E-state index in [-0.39, 0.29) is 24.2 Å². The molecule has 0 bridgehead atoms. The van der Waals surface area contributed by atoms with E-state index in [1.807, 2.05) is 0 Å². The van der Waals surface area contributed by atoms with Crippen molar-refractivity contribution in [3.63, 3.8) is 0 Å². The highest BCUT2D eigenvalue weighted by Crippen LogP contribution is 2.16. The maximum absolute atomic E-state index is 13.8. The van der Waals surface area contributed by atoms with E-state index in [2.05, 4.69) is 16.6 Å². The van der Waals surface area contributed by atoms with Gasteiger partial charge in [-0.3, -0.25) is 4.79 Å². The summed E-state index contributed by atoms with van der Waals surface area (Å²) in [5, 5.41) is 2.46. The summed E-state index contributed by atoms with van der Waals surface area (Å²) in [5.41, 5.74) is 0.218. The van der Waals surface area contributed by atoms with Crippen LogP contribution in [-0.4, -0.2) is 20.9 Å². The lowest BCUT2D eigenvalue weighted by atomic mass is 10.2. The smallest absolute Gasteiger partial charge is 0.251 e. The van der Waals surface area contributed by atoms with Gasteiger partial charge in [-0.25, -0.2) is 21.9 Å². The third-order valence-corrected chi connectivity index (χ3v) is 4.74. The van der Waals surface area contributed by atoms with Gasteiger partial charge >= 0.3 is 0 Å². The summed E-state index contributed by atoms with van der Waals surface area (Å²) >= 11 is 0. The minimum absolute atomic E-state index is 0.0586.